The van der Waals surface area contributed by atoms with Crippen LogP contribution in [0.15, 0.2) is 18.2 Å². The van der Waals surface area contributed by atoms with E-state index in [1.165, 1.54) is 0 Å². The third-order valence-electron chi connectivity index (χ3n) is 5.15. The molecular weight excluding hydrogens is 326 g/mol. The van der Waals surface area contributed by atoms with E-state index in [1.807, 2.05) is 17.9 Å². The van der Waals surface area contributed by atoms with Gasteiger partial charge < -0.3 is 15.1 Å². The van der Waals surface area contributed by atoms with Crippen molar-refractivity contribution in [1.29, 1.82) is 0 Å². The molecule has 6 heteroatoms. The molecule has 0 bridgehead atoms. The van der Waals surface area contributed by atoms with Gasteiger partial charge in [0.15, 0.2) is 0 Å². The van der Waals surface area contributed by atoms with Gasteiger partial charge in [-0.05, 0) is 44.0 Å². The van der Waals surface area contributed by atoms with Crippen molar-refractivity contribution >= 4 is 29.1 Å². The molecule has 24 heavy (non-hydrogen) atoms. The maximum atomic E-state index is 12.9. The summed E-state index contributed by atoms with van der Waals surface area (Å²) in [4.78, 5) is 29.8. The second-order valence-corrected chi connectivity index (χ2v) is 7.16. The molecule has 2 amide bonds. The number of likely N-dealkylation sites (N-methyl/N-ethyl adjacent to an activating group) is 1. The minimum Gasteiger partial charge on any atom is -0.339 e. The van der Waals surface area contributed by atoms with Crippen LogP contribution in [0, 0.1) is 12.3 Å². The molecule has 1 heterocycles. The van der Waals surface area contributed by atoms with Gasteiger partial charge >= 0.3 is 0 Å². The van der Waals surface area contributed by atoms with Crippen LogP contribution in [0.3, 0.4) is 0 Å². The fourth-order valence-electron chi connectivity index (χ4n) is 3.20. The van der Waals surface area contributed by atoms with E-state index in [2.05, 4.69) is 17.1 Å². The number of rotatable bonds is 4. The number of carbonyl (C=O) groups excluding carboxylic acids is 2. The first-order chi connectivity index (χ1) is 11.5. The Bertz CT molecular complexity index is 650. The Hall–Kier alpha value is -1.59. The molecule has 130 valence electrons. The van der Waals surface area contributed by atoms with Gasteiger partial charge in [0.1, 0.15) is 5.41 Å². The average molecular weight is 350 g/mol. The van der Waals surface area contributed by atoms with Crippen molar-refractivity contribution in [3.05, 3.63) is 28.8 Å². The van der Waals surface area contributed by atoms with E-state index in [-0.39, 0.29) is 11.8 Å². The number of carbonyl (C=O) groups is 2. The predicted molar refractivity (Wildman–Crippen MR) is 95.2 cm³/mol. The van der Waals surface area contributed by atoms with Gasteiger partial charge in [0.25, 0.3) is 0 Å². The fourth-order valence-corrected chi connectivity index (χ4v) is 3.38. The number of nitrogens with zero attached hydrogens (tertiary/aromatic N) is 2. The van der Waals surface area contributed by atoms with Crippen molar-refractivity contribution in [2.75, 3.05) is 38.0 Å². The van der Waals surface area contributed by atoms with Gasteiger partial charge in [0.2, 0.25) is 11.8 Å². The highest BCUT2D eigenvalue weighted by atomic mass is 35.5. The normalized spacial score (nSPS) is 19.9. The molecule has 0 atom stereocenters. The summed E-state index contributed by atoms with van der Waals surface area (Å²) in [5.41, 5.74) is 0.748. The van der Waals surface area contributed by atoms with Gasteiger partial charge in [0, 0.05) is 36.9 Å². The number of amides is 2. The molecule has 1 aromatic carbocycles. The number of halogens is 1. The van der Waals surface area contributed by atoms with Crippen molar-refractivity contribution in [2.45, 2.75) is 26.7 Å². The lowest BCUT2D eigenvalue weighted by atomic mass is 10.0. The molecule has 2 aliphatic rings. The smallest absolute Gasteiger partial charge is 0.240 e. The van der Waals surface area contributed by atoms with Gasteiger partial charge in [-0.1, -0.05) is 24.6 Å². The monoisotopic (exact) mass is 349 g/mol. The number of nitrogens with one attached hydrogen (secondary N) is 1. The summed E-state index contributed by atoms with van der Waals surface area (Å²) in [5.74, 6) is -0.216. The van der Waals surface area contributed by atoms with Crippen LogP contribution in [0.4, 0.5) is 5.69 Å². The van der Waals surface area contributed by atoms with Crippen LogP contribution in [0.5, 0.6) is 0 Å². The Morgan fingerprint density at radius 3 is 2.46 bits per heavy atom. The van der Waals surface area contributed by atoms with Crippen molar-refractivity contribution in [2.24, 2.45) is 5.41 Å². The Balaban J connectivity index is 1.68. The number of hydrogen-bond acceptors (Lipinski definition) is 3. The summed E-state index contributed by atoms with van der Waals surface area (Å²) in [7, 11) is 0. The molecule has 0 radical (unpaired) electrons. The quantitative estimate of drug-likeness (QED) is 0.850. The highest BCUT2D eigenvalue weighted by Crippen LogP contribution is 2.48. The third-order valence-corrected chi connectivity index (χ3v) is 5.38. The number of aryl methyl sites for hydroxylation is 1. The predicted octanol–water partition coefficient (Wildman–Crippen LogP) is 2.53. The summed E-state index contributed by atoms with van der Waals surface area (Å²) < 4.78 is 0. The molecule has 1 aromatic rings. The zero-order valence-electron chi connectivity index (χ0n) is 14.3. The summed E-state index contributed by atoms with van der Waals surface area (Å²) in [5, 5.41) is 3.48. The van der Waals surface area contributed by atoms with Gasteiger partial charge in [-0.15, -0.1) is 0 Å². The lowest BCUT2D eigenvalue weighted by Gasteiger charge is -2.35. The van der Waals surface area contributed by atoms with E-state index >= 15 is 0 Å². The van der Waals surface area contributed by atoms with E-state index in [4.69, 9.17) is 11.6 Å². The van der Waals surface area contributed by atoms with Crippen LogP contribution >= 0.6 is 11.6 Å². The fraction of sp³-hybridized carbons (Fsp3) is 0.556. The Kier molecular flexibility index (Phi) is 4.83. The lowest BCUT2D eigenvalue weighted by molar-refractivity contribution is -0.143. The summed E-state index contributed by atoms with van der Waals surface area (Å²) in [6.07, 6.45) is 1.26. The second kappa shape index (κ2) is 6.73. The van der Waals surface area contributed by atoms with Crippen molar-refractivity contribution in [3.8, 4) is 0 Å². The molecule has 1 aliphatic carbocycles. The van der Waals surface area contributed by atoms with Crippen molar-refractivity contribution in [3.63, 3.8) is 0 Å². The van der Waals surface area contributed by atoms with E-state index < -0.39 is 5.41 Å². The molecular formula is C18H24ClN3O2. The Morgan fingerprint density at radius 2 is 1.88 bits per heavy atom. The van der Waals surface area contributed by atoms with Crippen LogP contribution < -0.4 is 5.32 Å². The highest BCUT2D eigenvalue weighted by Gasteiger charge is 2.58. The lowest BCUT2D eigenvalue weighted by Crippen LogP contribution is -2.52. The van der Waals surface area contributed by atoms with Gasteiger partial charge in [0.05, 0.1) is 0 Å². The average Bonchev–Trinajstić information content (AvgIpc) is 3.39. The van der Waals surface area contributed by atoms with E-state index in [1.54, 1.807) is 12.1 Å². The first kappa shape index (κ1) is 17.2. The van der Waals surface area contributed by atoms with Crippen LogP contribution in [-0.4, -0.2) is 54.3 Å². The summed E-state index contributed by atoms with van der Waals surface area (Å²) in [6, 6.07) is 5.39. The van der Waals surface area contributed by atoms with E-state index in [9.17, 15) is 9.59 Å². The molecule has 5 nitrogen and oxygen atoms in total. The van der Waals surface area contributed by atoms with Crippen LogP contribution in [0.2, 0.25) is 5.02 Å². The number of anilines is 1. The largest absolute Gasteiger partial charge is 0.339 e. The highest BCUT2D eigenvalue weighted by molar-refractivity contribution is 6.31. The van der Waals surface area contributed by atoms with E-state index in [0.717, 1.165) is 25.2 Å². The van der Waals surface area contributed by atoms with Gasteiger partial charge in [-0.3, -0.25) is 9.59 Å². The maximum absolute atomic E-state index is 12.9. The molecule has 0 aromatic heterocycles. The van der Waals surface area contributed by atoms with Gasteiger partial charge in [-0.25, -0.2) is 0 Å². The van der Waals surface area contributed by atoms with Gasteiger partial charge in [-0.2, -0.15) is 0 Å². The molecule has 1 saturated carbocycles. The molecule has 2 fully saturated rings. The summed E-state index contributed by atoms with van der Waals surface area (Å²) in [6.45, 7) is 8.22. The molecule has 0 unspecified atom stereocenters. The molecule has 0 spiro atoms. The number of piperazine rings is 1. The van der Waals surface area contributed by atoms with Crippen LogP contribution in [-0.2, 0) is 9.59 Å². The van der Waals surface area contributed by atoms with Crippen molar-refractivity contribution in [1.82, 2.24) is 9.80 Å². The zero-order chi connectivity index (χ0) is 17.3. The molecule has 3 rings (SSSR count). The zero-order valence-corrected chi connectivity index (χ0v) is 15.0. The number of hydrogen-bond donors (Lipinski definition) is 1. The third kappa shape index (κ3) is 3.28. The first-order valence-electron chi connectivity index (χ1n) is 8.55. The Labute approximate surface area is 147 Å². The minimum absolute atomic E-state index is 0.0181. The minimum atomic E-state index is -0.872. The second-order valence-electron chi connectivity index (χ2n) is 6.72. The van der Waals surface area contributed by atoms with Crippen molar-refractivity contribution < 1.29 is 9.59 Å². The Morgan fingerprint density at radius 1 is 1.21 bits per heavy atom. The summed E-state index contributed by atoms with van der Waals surface area (Å²) >= 11 is 6.01. The maximum Gasteiger partial charge on any atom is 0.240 e. The van der Waals surface area contributed by atoms with E-state index in [0.29, 0.717) is 36.6 Å². The van der Waals surface area contributed by atoms with Crippen LogP contribution in [0.25, 0.3) is 0 Å². The molecule has 1 saturated heterocycles. The topological polar surface area (TPSA) is 52.7 Å². The van der Waals surface area contributed by atoms with Crippen LogP contribution in [0.1, 0.15) is 25.3 Å². The standard InChI is InChI=1S/C18H24ClN3O2/c1-3-21-8-10-22(11-9-21)17(24)18(6-7-18)16(23)20-15-12-14(19)5-4-13(15)2/h4-5,12H,3,6-11H2,1-2H3,(H,20,23). The molecule has 1 N–H and O–H groups in total. The first-order valence-corrected chi connectivity index (χ1v) is 8.93. The SMILES string of the molecule is CCN1CCN(C(=O)C2(C(=O)Nc3cc(Cl)ccc3C)CC2)CC1. The molecule has 1 aliphatic heterocycles. The number of benzene rings is 1.